The van der Waals surface area contributed by atoms with Crippen molar-refractivity contribution in [3.63, 3.8) is 0 Å². The van der Waals surface area contributed by atoms with E-state index in [1.807, 2.05) is 38.1 Å². The Balaban J connectivity index is 2.59. The first-order chi connectivity index (χ1) is 7.24. The Hall–Kier alpha value is -1.97. The highest BCUT2D eigenvalue weighted by Gasteiger charge is 2.09. The van der Waals surface area contributed by atoms with Gasteiger partial charge < -0.3 is 0 Å². The molecule has 0 amide bonds. The van der Waals surface area contributed by atoms with Crippen molar-refractivity contribution >= 4 is 6.29 Å². The van der Waals surface area contributed by atoms with Crippen molar-refractivity contribution in [2.75, 3.05) is 0 Å². The Labute approximate surface area is 87.5 Å². The lowest BCUT2D eigenvalue weighted by atomic mass is 10.2. The Morgan fingerprint density at radius 2 is 2.00 bits per heavy atom. The fraction of sp³-hybridized carbons (Fsp3) is 0.182. The molecular formula is C11H11N3O. The highest BCUT2D eigenvalue weighted by molar-refractivity contribution is 5.73. The summed E-state index contributed by atoms with van der Waals surface area (Å²) in [5, 5.41) is 7.75. The van der Waals surface area contributed by atoms with Gasteiger partial charge in [0.15, 0.2) is 6.29 Å². The van der Waals surface area contributed by atoms with E-state index in [-0.39, 0.29) is 0 Å². The molecule has 0 aliphatic rings. The number of rotatable bonds is 2. The highest BCUT2D eigenvalue weighted by Crippen LogP contribution is 2.14. The molecule has 1 heterocycles. The van der Waals surface area contributed by atoms with Gasteiger partial charge in [0, 0.05) is 0 Å². The van der Waals surface area contributed by atoms with Gasteiger partial charge in [-0.2, -0.15) is 0 Å². The maximum atomic E-state index is 10.6. The van der Waals surface area contributed by atoms with E-state index in [0.717, 1.165) is 23.2 Å². The first-order valence-corrected chi connectivity index (χ1v) is 4.67. The number of hydrogen-bond donors (Lipinski definition) is 0. The van der Waals surface area contributed by atoms with Crippen molar-refractivity contribution in [2.24, 2.45) is 0 Å². The van der Waals surface area contributed by atoms with E-state index in [2.05, 4.69) is 10.3 Å². The molecule has 4 nitrogen and oxygen atoms in total. The molecule has 0 aliphatic carbocycles. The van der Waals surface area contributed by atoms with Crippen molar-refractivity contribution < 1.29 is 4.79 Å². The molecule has 0 fully saturated rings. The lowest BCUT2D eigenvalue weighted by molar-refractivity contribution is 0.111. The van der Waals surface area contributed by atoms with Gasteiger partial charge in [0.2, 0.25) is 0 Å². The lowest BCUT2D eigenvalue weighted by Crippen LogP contribution is -2.01. The Morgan fingerprint density at radius 3 is 2.60 bits per heavy atom. The second-order valence-corrected chi connectivity index (χ2v) is 3.38. The van der Waals surface area contributed by atoms with Crippen LogP contribution in [0.25, 0.3) is 5.69 Å². The summed E-state index contributed by atoms with van der Waals surface area (Å²) in [6, 6.07) is 7.85. The summed E-state index contributed by atoms with van der Waals surface area (Å²) in [5.41, 5.74) is 3.20. The fourth-order valence-corrected chi connectivity index (χ4v) is 1.48. The molecule has 0 radical (unpaired) electrons. The molecule has 0 unspecified atom stereocenters. The van der Waals surface area contributed by atoms with Crippen LogP contribution in [0.2, 0.25) is 0 Å². The van der Waals surface area contributed by atoms with Gasteiger partial charge in [0.05, 0.1) is 11.4 Å². The Bertz CT molecular complexity index is 502. The first-order valence-electron chi connectivity index (χ1n) is 4.67. The van der Waals surface area contributed by atoms with Crippen LogP contribution >= 0.6 is 0 Å². The standard InChI is InChI=1S/C11H11N3O/c1-8-5-3-4-6-11(8)14-9(2)10(7-15)12-13-14/h3-7H,1-2H3. The van der Waals surface area contributed by atoms with E-state index >= 15 is 0 Å². The van der Waals surface area contributed by atoms with Crippen LogP contribution in [0, 0.1) is 13.8 Å². The molecule has 4 heteroatoms. The third kappa shape index (κ3) is 1.54. The average Bonchev–Trinajstić information content (AvgIpc) is 2.60. The van der Waals surface area contributed by atoms with Gasteiger partial charge in [-0.3, -0.25) is 4.79 Å². The second kappa shape index (κ2) is 3.65. The van der Waals surface area contributed by atoms with Gasteiger partial charge in [-0.25, -0.2) is 4.68 Å². The summed E-state index contributed by atoms with van der Waals surface area (Å²) >= 11 is 0. The largest absolute Gasteiger partial charge is 0.296 e. The SMILES string of the molecule is Cc1ccccc1-n1nnc(C=O)c1C. The van der Waals surface area contributed by atoms with Crippen LogP contribution in [-0.4, -0.2) is 21.3 Å². The summed E-state index contributed by atoms with van der Waals surface area (Å²) in [6.45, 7) is 3.83. The number of para-hydroxylation sites is 1. The molecular weight excluding hydrogens is 190 g/mol. The van der Waals surface area contributed by atoms with E-state index in [0.29, 0.717) is 5.69 Å². The molecule has 1 aromatic carbocycles. The molecule has 0 aliphatic heterocycles. The number of hydrogen-bond acceptors (Lipinski definition) is 3. The number of benzene rings is 1. The molecule has 0 atom stereocenters. The summed E-state index contributed by atoms with van der Waals surface area (Å²) in [7, 11) is 0. The number of aromatic nitrogens is 3. The van der Waals surface area contributed by atoms with E-state index < -0.39 is 0 Å². The minimum absolute atomic E-state index is 0.387. The lowest BCUT2D eigenvalue weighted by Gasteiger charge is -2.05. The van der Waals surface area contributed by atoms with Crippen LogP contribution in [0.1, 0.15) is 21.7 Å². The third-order valence-corrected chi connectivity index (χ3v) is 2.39. The van der Waals surface area contributed by atoms with Crippen LogP contribution in [0.15, 0.2) is 24.3 Å². The first kappa shape index (κ1) is 9.58. The molecule has 0 bridgehead atoms. The zero-order valence-electron chi connectivity index (χ0n) is 8.64. The molecule has 0 spiro atoms. The minimum atomic E-state index is 0.387. The van der Waals surface area contributed by atoms with Crippen molar-refractivity contribution in [3.8, 4) is 5.69 Å². The summed E-state index contributed by atoms with van der Waals surface area (Å²) in [4.78, 5) is 10.6. The maximum absolute atomic E-state index is 10.6. The van der Waals surface area contributed by atoms with Crippen LogP contribution < -0.4 is 0 Å². The normalized spacial score (nSPS) is 10.3. The molecule has 0 saturated heterocycles. The average molecular weight is 201 g/mol. The van der Waals surface area contributed by atoms with Crippen LogP contribution in [0.5, 0.6) is 0 Å². The van der Waals surface area contributed by atoms with Gasteiger partial charge in [-0.05, 0) is 25.5 Å². The quantitative estimate of drug-likeness (QED) is 0.695. The summed E-state index contributed by atoms with van der Waals surface area (Å²) in [5.74, 6) is 0. The molecule has 1 aromatic heterocycles. The van der Waals surface area contributed by atoms with Crippen molar-refractivity contribution in [1.29, 1.82) is 0 Å². The molecule has 2 aromatic rings. The molecule has 0 saturated carbocycles. The van der Waals surface area contributed by atoms with Gasteiger partial charge in [-0.1, -0.05) is 23.4 Å². The monoisotopic (exact) mass is 201 g/mol. The molecule has 0 N–H and O–H groups in total. The highest BCUT2D eigenvalue weighted by atomic mass is 16.1. The van der Waals surface area contributed by atoms with Gasteiger partial charge in [-0.15, -0.1) is 5.10 Å². The fourth-order valence-electron chi connectivity index (χ4n) is 1.48. The minimum Gasteiger partial charge on any atom is -0.296 e. The number of aldehydes is 1. The molecule has 76 valence electrons. The number of aryl methyl sites for hydroxylation is 1. The van der Waals surface area contributed by atoms with Gasteiger partial charge in [0.1, 0.15) is 5.69 Å². The second-order valence-electron chi connectivity index (χ2n) is 3.38. The maximum Gasteiger partial charge on any atom is 0.172 e. The predicted molar refractivity (Wildman–Crippen MR) is 56.2 cm³/mol. The van der Waals surface area contributed by atoms with Crippen molar-refractivity contribution in [2.45, 2.75) is 13.8 Å². The zero-order valence-corrected chi connectivity index (χ0v) is 8.64. The molecule has 15 heavy (non-hydrogen) atoms. The molecule has 2 rings (SSSR count). The third-order valence-electron chi connectivity index (χ3n) is 2.39. The zero-order chi connectivity index (χ0) is 10.8. The number of nitrogens with zero attached hydrogens (tertiary/aromatic N) is 3. The predicted octanol–water partition coefficient (Wildman–Crippen LogP) is 1.70. The van der Waals surface area contributed by atoms with E-state index in [4.69, 9.17) is 0 Å². The van der Waals surface area contributed by atoms with Crippen molar-refractivity contribution in [1.82, 2.24) is 15.0 Å². The van der Waals surface area contributed by atoms with Crippen LogP contribution in [0.3, 0.4) is 0 Å². The van der Waals surface area contributed by atoms with Gasteiger partial charge >= 0.3 is 0 Å². The number of carbonyl (C=O) groups excluding carboxylic acids is 1. The van der Waals surface area contributed by atoms with E-state index in [1.54, 1.807) is 4.68 Å². The Kier molecular flexibility index (Phi) is 2.33. The van der Waals surface area contributed by atoms with E-state index in [9.17, 15) is 4.79 Å². The van der Waals surface area contributed by atoms with E-state index in [1.165, 1.54) is 0 Å². The van der Waals surface area contributed by atoms with Crippen molar-refractivity contribution in [3.05, 3.63) is 41.2 Å². The summed E-state index contributed by atoms with van der Waals surface area (Å²) < 4.78 is 1.68. The summed E-state index contributed by atoms with van der Waals surface area (Å²) in [6.07, 6.45) is 0.719. The van der Waals surface area contributed by atoms with Gasteiger partial charge in [0.25, 0.3) is 0 Å². The Morgan fingerprint density at radius 1 is 1.27 bits per heavy atom. The topological polar surface area (TPSA) is 47.8 Å². The smallest absolute Gasteiger partial charge is 0.172 e. The van der Waals surface area contributed by atoms with Crippen LogP contribution in [-0.2, 0) is 0 Å². The van der Waals surface area contributed by atoms with Crippen LogP contribution in [0.4, 0.5) is 0 Å². The number of carbonyl (C=O) groups is 1.